The summed E-state index contributed by atoms with van der Waals surface area (Å²) >= 11 is 7.44. The Bertz CT molecular complexity index is 710. The third-order valence-electron chi connectivity index (χ3n) is 2.56. The summed E-state index contributed by atoms with van der Waals surface area (Å²) in [6.45, 7) is 0. The van der Waals surface area contributed by atoms with Crippen LogP contribution in [0.25, 0.3) is 11.2 Å². The van der Waals surface area contributed by atoms with Gasteiger partial charge in [-0.1, -0.05) is 35.5 Å². The molecule has 2 heterocycles. The second-order valence-corrected chi connectivity index (χ2v) is 5.30. The average molecular weight is 292 g/mol. The van der Waals surface area contributed by atoms with Gasteiger partial charge in [-0.3, -0.25) is 0 Å². The summed E-state index contributed by atoms with van der Waals surface area (Å²) < 4.78 is 0. The fraction of sp³-hybridized carbons (Fsp3) is 0.0833. The number of hydrogen-bond acceptors (Lipinski definition) is 5. The number of nitrogens with zero attached hydrogens (tertiary/aromatic N) is 3. The molecule has 0 saturated carbocycles. The third-order valence-corrected chi connectivity index (χ3v) is 3.86. The zero-order valence-corrected chi connectivity index (χ0v) is 11.4. The highest BCUT2D eigenvalue weighted by molar-refractivity contribution is 7.98. The number of nitrogens with two attached hydrogens (primary N) is 1. The van der Waals surface area contributed by atoms with Gasteiger partial charge in [0.05, 0.1) is 6.33 Å². The first-order valence-corrected chi connectivity index (χ1v) is 6.92. The smallest absolute Gasteiger partial charge is 0.223 e. The Labute approximate surface area is 118 Å². The number of rotatable bonds is 3. The highest BCUT2D eigenvalue weighted by Crippen LogP contribution is 2.27. The van der Waals surface area contributed by atoms with Crippen molar-refractivity contribution in [3.8, 4) is 0 Å². The fourth-order valence-corrected chi connectivity index (χ4v) is 2.73. The van der Waals surface area contributed by atoms with Crippen LogP contribution in [0.5, 0.6) is 0 Å². The molecular weight excluding hydrogens is 282 g/mol. The Morgan fingerprint density at radius 3 is 2.79 bits per heavy atom. The highest BCUT2D eigenvalue weighted by Gasteiger charge is 2.09. The van der Waals surface area contributed by atoms with Crippen LogP contribution in [0.15, 0.2) is 35.6 Å². The van der Waals surface area contributed by atoms with Gasteiger partial charge in [0, 0.05) is 10.8 Å². The molecule has 3 rings (SSSR count). The monoisotopic (exact) mass is 291 g/mol. The number of imidazole rings is 1. The number of aromatic amines is 1. The van der Waals surface area contributed by atoms with Crippen LogP contribution in [0.4, 0.5) is 5.95 Å². The second kappa shape index (κ2) is 5.07. The van der Waals surface area contributed by atoms with Crippen molar-refractivity contribution in [2.45, 2.75) is 10.8 Å². The lowest BCUT2D eigenvalue weighted by molar-refractivity contribution is 1.10. The summed E-state index contributed by atoms with van der Waals surface area (Å²) in [5, 5.41) is 1.53. The predicted octanol–water partition coefficient (Wildman–Crippen LogP) is 2.88. The van der Waals surface area contributed by atoms with Gasteiger partial charge in [0.15, 0.2) is 5.65 Å². The van der Waals surface area contributed by atoms with Crippen molar-refractivity contribution in [2.24, 2.45) is 0 Å². The number of nitrogen functional groups attached to an aromatic ring is 1. The highest BCUT2D eigenvalue weighted by atomic mass is 35.5. The van der Waals surface area contributed by atoms with Crippen LogP contribution >= 0.6 is 23.4 Å². The van der Waals surface area contributed by atoms with Gasteiger partial charge in [-0.25, -0.2) is 9.97 Å². The molecule has 0 atom stereocenters. The van der Waals surface area contributed by atoms with Crippen molar-refractivity contribution in [3.05, 3.63) is 41.2 Å². The lowest BCUT2D eigenvalue weighted by Crippen LogP contribution is -1.97. The molecule has 0 aliphatic rings. The summed E-state index contributed by atoms with van der Waals surface area (Å²) in [6, 6.07) is 7.73. The number of fused-ring (bicyclic) bond motifs is 1. The van der Waals surface area contributed by atoms with Gasteiger partial charge in [-0.05, 0) is 17.7 Å². The first-order chi connectivity index (χ1) is 9.22. The van der Waals surface area contributed by atoms with Gasteiger partial charge in [-0.2, -0.15) is 4.98 Å². The topological polar surface area (TPSA) is 80.5 Å². The number of hydrogen-bond donors (Lipinski definition) is 2. The molecule has 96 valence electrons. The summed E-state index contributed by atoms with van der Waals surface area (Å²) in [5.74, 6) is 1.01. The average Bonchev–Trinajstić information content (AvgIpc) is 2.85. The Hall–Kier alpha value is -1.79. The van der Waals surface area contributed by atoms with Crippen molar-refractivity contribution < 1.29 is 0 Å². The van der Waals surface area contributed by atoms with E-state index >= 15 is 0 Å². The standard InChI is InChI=1S/C12H10ClN5S/c13-8-3-1-7(2-4-8)5-19-11-9-10(16-6-15-9)17-12(14)18-11/h1-4,6H,5H2,(H3,14,15,16,17,18). The van der Waals surface area contributed by atoms with Crippen LogP contribution in [0.1, 0.15) is 5.56 Å². The molecule has 1 aromatic carbocycles. The summed E-state index contributed by atoms with van der Waals surface area (Å²) in [4.78, 5) is 15.4. The van der Waals surface area contributed by atoms with Crippen LogP contribution in [0, 0.1) is 0 Å². The first kappa shape index (κ1) is 12.3. The molecule has 0 amide bonds. The van der Waals surface area contributed by atoms with Gasteiger partial charge in [-0.15, -0.1) is 0 Å². The molecule has 2 aromatic heterocycles. The maximum absolute atomic E-state index is 5.86. The summed E-state index contributed by atoms with van der Waals surface area (Å²) in [5.41, 5.74) is 8.23. The van der Waals surface area contributed by atoms with Gasteiger partial charge in [0.2, 0.25) is 5.95 Å². The lowest BCUT2D eigenvalue weighted by atomic mass is 10.2. The number of H-pyrrole nitrogens is 1. The molecule has 3 N–H and O–H groups in total. The minimum atomic E-state index is 0.234. The van der Waals surface area contributed by atoms with E-state index in [0.717, 1.165) is 21.3 Å². The molecule has 3 aromatic rings. The van der Waals surface area contributed by atoms with Crippen molar-refractivity contribution in [3.63, 3.8) is 0 Å². The molecule has 19 heavy (non-hydrogen) atoms. The van der Waals surface area contributed by atoms with Gasteiger partial charge < -0.3 is 10.7 Å². The van der Waals surface area contributed by atoms with E-state index < -0.39 is 0 Å². The van der Waals surface area contributed by atoms with Gasteiger partial charge in [0.25, 0.3) is 0 Å². The molecular formula is C12H10ClN5S. The van der Waals surface area contributed by atoms with Gasteiger partial charge in [0.1, 0.15) is 10.5 Å². The normalized spacial score (nSPS) is 11.0. The van der Waals surface area contributed by atoms with E-state index in [2.05, 4.69) is 19.9 Å². The summed E-state index contributed by atoms with van der Waals surface area (Å²) in [7, 11) is 0. The van der Waals surface area contributed by atoms with E-state index in [-0.39, 0.29) is 5.95 Å². The molecule has 0 saturated heterocycles. The minimum Gasteiger partial charge on any atom is -0.368 e. The van der Waals surface area contributed by atoms with Crippen LogP contribution < -0.4 is 5.73 Å². The van der Waals surface area contributed by atoms with Crippen molar-refractivity contribution >= 4 is 40.5 Å². The molecule has 0 unspecified atom stereocenters. The van der Waals surface area contributed by atoms with Crippen LogP contribution in [0.3, 0.4) is 0 Å². The maximum Gasteiger partial charge on any atom is 0.223 e. The van der Waals surface area contributed by atoms with E-state index in [9.17, 15) is 0 Å². The van der Waals surface area contributed by atoms with Crippen molar-refractivity contribution in [2.75, 3.05) is 5.73 Å². The third kappa shape index (κ3) is 2.64. The van der Waals surface area contributed by atoms with Crippen molar-refractivity contribution in [1.29, 1.82) is 0 Å². The molecule has 5 nitrogen and oxygen atoms in total. The maximum atomic E-state index is 5.86. The SMILES string of the molecule is Nc1nc(SCc2ccc(Cl)cc2)c2[nH]cnc2n1. The Balaban J connectivity index is 1.85. The zero-order chi connectivity index (χ0) is 13.2. The van der Waals surface area contributed by atoms with E-state index in [4.69, 9.17) is 17.3 Å². The molecule has 0 aliphatic carbocycles. The second-order valence-electron chi connectivity index (χ2n) is 3.90. The van der Waals surface area contributed by atoms with E-state index in [1.807, 2.05) is 24.3 Å². The Morgan fingerprint density at radius 2 is 2.00 bits per heavy atom. The zero-order valence-electron chi connectivity index (χ0n) is 9.80. The minimum absolute atomic E-state index is 0.234. The van der Waals surface area contributed by atoms with E-state index in [1.54, 1.807) is 18.1 Å². The number of benzene rings is 1. The van der Waals surface area contributed by atoms with Crippen molar-refractivity contribution in [1.82, 2.24) is 19.9 Å². The number of anilines is 1. The molecule has 0 fully saturated rings. The number of thioether (sulfide) groups is 1. The molecule has 0 spiro atoms. The fourth-order valence-electron chi connectivity index (χ4n) is 1.66. The first-order valence-electron chi connectivity index (χ1n) is 5.56. The predicted molar refractivity (Wildman–Crippen MR) is 77.1 cm³/mol. The Kier molecular flexibility index (Phi) is 3.27. The molecule has 7 heteroatoms. The quantitative estimate of drug-likeness (QED) is 0.573. The van der Waals surface area contributed by atoms with Crippen LogP contribution in [0.2, 0.25) is 5.02 Å². The van der Waals surface area contributed by atoms with E-state index in [0.29, 0.717) is 5.65 Å². The molecule has 0 radical (unpaired) electrons. The Morgan fingerprint density at radius 1 is 1.21 bits per heavy atom. The lowest BCUT2D eigenvalue weighted by Gasteiger charge is -2.03. The number of nitrogens with one attached hydrogen (secondary N) is 1. The summed E-state index contributed by atoms with van der Waals surface area (Å²) in [6.07, 6.45) is 1.59. The number of halogens is 1. The number of aromatic nitrogens is 4. The largest absolute Gasteiger partial charge is 0.368 e. The van der Waals surface area contributed by atoms with Crippen LogP contribution in [-0.2, 0) is 5.75 Å². The molecule has 0 bridgehead atoms. The van der Waals surface area contributed by atoms with Gasteiger partial charge >= 0.3 is 0 Å². The van der Waals surface area contributed by atoms with Crippen LogP contribution in [-0.4, -0.2) is 19.9 Å². The van der Waals surface area contributed by atoms with E-state index in [1.165, 1.54) is 5.56 Å². The molecule has 0 aliphatic heterocycles.